The molecule has 0 atom stereocenters. The van der Waals surface area contributed by atoms with Gasteiger partial charge in [-0.1, -0.05) is 32.0 Å². The van der Waals surface area contributed by atoms with Crippen LogP contribution in [0.1, 0.15) is 31.9 Å². The third-order valence-corrected chi connectivity index (χ3v) is 4.14. The van der Waals surface area contributed by atoms with Crippen LogP contribution in [-0.4, -0.2) is 34.8 Å². The molecule has 0 saturated heterocycles. The highest BCUT2D eigenvalue weighted by atomic mass is 16.3. The molecule has 0 fully saturated rings. The standard InChI is InChI=1S/C20H26N4O2/c1-4-24(5-2)14-17-13-16(11-12-19(17)25)15(3)22-23-20(26)21-18-9-7-6-8-10-18/h6-13,25H,4-5,14H2,1-3H3,(H2,21,23,26)/b22-15+. The number of carbonyl (C=O) groups excluding carboxylic acids is 1. The van der Waals surface area contributed by atoms with Crippen LogP contribution in [0.5, 0.6) is 5.75 Å². The predicted molar refractivity (Wildman–Crippen MR) is 106 cm³/mol. The molecule has 2 amide bonds. The van der Waals surface area contributed by atoms with E-state index >= 15 is 0 Å². The molecule has 3 N–H and O–H groups in total. The summed E-state index contributed by atoms with van der Waals surface area (Å²) < 4.78 is 0. The zero-order valence-corrected chi connectivity index (χ0v) is 15.5. The summed E-state index contributed by atoms with van der Waals surface area (Å²) in [6.07, 6.45) is 0. The minimum Gasteiger partial charge on any atom is -0.508 e. The number of phenols is 1. The van der Waals surface area contributed by atoms with Crippen molar-refractivity contribution < 1.29 is 9.90 Å². The van der Waals surface area contributed by atoms with Gasteiger partial charge in [0.15, 0.2) is 0 Å². The molecular formula is C20H26N4O2. The number of nitrogens with zero attached hydrogens (tertiary/aromatic N) is 2. The second-order valence-electron chi connectivity index (χ2n) is 5.93. The molecular weight excluding hydrogens is 328 g/mol. The normalized spacial score (nSPS) is 11.5. The van der Waals surface area contributed by atoms with Crippen LogP contribution in [0.4, 0.5) is 10.5 Å². The highest BCUT2D eigenvalue weighted by Crippen LogP contribution is 2.21. The number of rotatable bonds is 7. The Bertz CT molecular complexity index is 756. The van der Waals surface area contributed by atoms with E-state index in [1.807, 2.05) is 31.2 Å². The van der Waals surface area contributed by atoms with Crippen LogP contribution in [0.3, 0.4) is 0 Å². The number of hydrogen-bond donors (Lipinski definition) is 3. The quantitative estimate of drug-likeness (QED) is 0.523. The third kappa shape index (κ3) is 5.60. The number of benzene rings is 2. The Balaban J connectivity index is 2.04. The number of para-hydroxylation sites is 1. The van der Waals surface area contributed by atoms with E-state index in [9.17, 15) is 9.90 Å². The number of nitrogens with one attached hydrogen (secondary N) is 2. The molecule has 0 aromatic heterocycles. The van der Waals surface area contributed by atoms with Gasteiger partial charge in [0.2, 0.25) is 0 Å². The van der Waals surface area contributed by atoms with E-state index in [1.165, 1.54) is 0 Å². The van der Waals surface area contributed by atoms with Crippen molar-refractivity contribution in [3.63, 3.8) is 0 Å². The molecule has 0 spiro atoms. The SMILES string of the molecule is CCN(CC)Cc1cc(/C(C)=N/NC(=O)Nc2ccccc2)ccc1O. The molecule has 6 nitrogen and oxygen atoms in total. The van der Waals surface area contributed by atoms with Crippen LogP contribution >= 0.6 is 0 Å². The van der Waals surface area contributed by atoms with Gasteiger partial charge in [-0.3, -0.25) is 4.90 Å². The largest absolute Gasteiger partial charge is 0.508 e. The van der Waals surface area contributed by atoms with Gasteiger partial charge in [-0.15, -0.1) is 0 Å². The maximum atomic E-state index is 11.9. The zero-order valence-electron chi connectivity index (χ0n) is 15.5. The first-order valence-electron chi connectivity index (χ1n) is 8.74. The summed E-state index contributed by atoms with van der Waals surface area (Å²) in [5.41, 5.74) is 5.54. The lowest BCUT2D eigenvalue weighted by Crippen LogP contribution is -2.25. The zero-order chi connectivity index (χ0) is 18.9. The summed E-state index contributed by atoms with van der Waals surface area (Å²) in [7, 11) is 0. The molecule has 6 heteroatoms. The molecule has 26 heavy (non-hydrogen) atoms. The summed E-state index contributed by atoms with van der Waals surface area (Å²) in [6.45, 7) is 8.49. The van der Waals surface area contributed by atoms with E-state index in [1.54, 1.807) is 24.3 Å². The van der Waals surface area contributed by atoms with Crippen molar-refractivity contribution in [2.45, 2.75) is 27.3 Å². The topological polar surface area (TPSA) is 77.0 Å². The minimum absolute atomic E-state index is 0.267. The first-order chi connectivity index (χ1) is 12.5. The molecule has 0 heterocycles. The Morgan fingerprint density at radius 1 is 1.12 bits per heavy atom. The molecule has 0 saturated carbocycles. The summed E-state index contributed by atoms with van der Waals surface area (Å²) in [6, 6.07) is 14.1. The summed E-state index contributed by atoms with van der Waals surface area (Å²) >= 11 is 0. The molecule has 0 aliphatic rings. The second-order valence-corrected chi connectivity index (χ2v) is 5.93. The van der Waals surface area contributed by atoms with E-state index < -0.39 is 6.03 Å². The highest BCUT2D eigenvalue weighted by Gasteiger charge is 2.09. The summed E-state index contributed by atoms with van der Waals surface area (Å²) in [5.74, 6) is 0.267. The molecule has 138 valence electrons. The van der Waals surface area contributed by atoms with Crippen LogP contribution in [0.25, 0.3) is 0 Å². The van der Waals surface area contributed by atoms with E-state index in [2.05, 4.69) is 34.6 Å². The number of hydrogen-bond acceptors (Lipinski definition) is 4. The number of phenolic OH excluding ortho intramolecular Hbond substituents is 1. The van der Waals surface area contributed by atoms with Gasteiger partial charge in [0, 0.05) is 17.8 Å². The van der Waals surface area contributed by atoms with Gasteiger partial charge < -0.3 is 10.4 Å². The van der Waals surface area contributed by atoms with Gasteiger partial charge >= 0.3 is 6.03 Å². The van der Waals surface area contributed by atoms with Crippen molar-refractivity contribution >= 4 is 17.4 Å². The number of anilines is 1. The second kappa shape index (κ2) is 9.58. The average Bonchev–Trinajstić information content (AvgIpc) is 2.66. The van der Waals surface area contributed by atoms with E-state index in [0.29, 0.717) is 17.9 Å². The van der Waals surface area contributed by atoms with Gasteiger partial charge in [-0.2, -0.15) is 5.10 Å². The smallest absolute Gasteiger partial charge is 0.339 e. The summed E-state index contributed by atoms with van der Waals surface area (Å²) in [5, 5.41) is 16.9. The Morgan fingerprint density at radius 2 is 1.81 bits per heavy atom. The van der Waals surface area contributed by atoms with Crippen LogP contribution in [-0.2, 0) is 6.54 Å². The van der Waals surface area contributed by atoms with Crippen LogP contribution in [0, 0.1) is 0 Å². The Kier molecular flexibility index (Phi) is 7.17. The van der Waals surface area contributed by atoms with Crippen molar-refractivity contribution in [1.29, 1.82) is 0 Å². The number of amides is 2. The van der Waals surface area contributed by atoms with E-state index in [0.717, 1.165) is 24.2 Å². The molecule has 2 aromatic rings. The first kappa shape index (κ1) is 19.5. The summed E-state index contributed by atoms with van der Waals surface area (Å²) in [4.78, 5) is 14.1. The van der Waals surface area contributed by atoms with Crippen LogP contribution in [0.2, 0.25) is 0 Å². The number of urea groups is 1. The Labute approximate surface area is 154 Å². The van der Waals surface area contributed by atoms with Crippen molar-refractivity contribution in [3.8, 4) is 5.75 Å². The van der Waals surface area contributed by atoms with Gasteiger partial charge in [-0.05, 0) is 55.9 Å². The maximum Gasteiger partial charge on any atom is 0.339 e. The maximum absolute atomic E-state index is 11.9. The lowest BCUT2D eigenvalue weighted by molar-refractivity contribution is 0.252. The predicted octanol–water partition coefficient (Wildman–Crippen LogP) is 3.78. The van der Waals surface area contributed by atoms with Gasteiger partial charge in [0.1, 0.15) is 5.75 Å². The first-order valence-corrected chi connectivity index (χ1v) is 8.74. The lowest BCUT2D eigenvalue weighted by Gasteiger charge is -2.19. The third-order valence-electron chi connectivity index (χ3n) is 4.14. The fourth-order valence-electron chi connectivity index (χ4n) is 2.51. The number of hydrazone groups is 1. The van der Waals surface area contributed by atoms with Crippen molar-refractivity contribution in [1.82, 2.24) is 10.3 Å². The van der Waals surface area contributed by atoms with Crippen LogP contribution in [0.15, 0.2) is 53.6 Å². The Morgan fingerprint density at radius 3 is 2.46 bits per heavy atom. The molecule has 0 bridgehead atoms. The van der Waals surface area contributed by atoms with Gasteiger partial charge in [0.25, 0.3) is 0 Å². The van der Waals surface area contributed by atoms with Crippen LogP contribution < -0.4 is 10.7 Å². The van der Waals surface area contributed by atoms with Crippen molar-refractivity contribution in [3.05, 3.63) is 59.7 Å². The number of carbonyl (C=O) groups is 1. The van der Waals surface area contributed by atoms with E-state index in [4.69, 9.17) is 0 Å². The van der Waals surface area contributed by atoms with Crippen molar-refractivity contribution in [2.75, 3.05) is 18.4 Å². The lowest BCUT2D eigenvalue weighted by atomic mass is 10.1. The average molecular weight is 354 g/mol. The highest BCUT2D eigenvalue weighted by molar-refractivity contribution is 6.00. The number of aromatic hydroxyl groups is 1. The molecule has 2 aromatic carbocycles. The molecule has 0 radical (unpaired) electrons. The van der Waals surface area contributed by atoms with Gasteiger partial charge in [0.05, 0.1) is 5.71 Å². The molecule has 0 aliphatic carbocycles. The molecule has 0 aliphatic heterocycles. The molecule has 0 unspecified atom stereocenters. The Hall–Kier alpha value is -2.86. The minimum atomic E-state index is -0.405. The monoisotopic (exact) mass is 354 g/mol. The van der Waals surface area contributed by atoms with E-state index in [-0.39, 0.29) is 5.75 Å². The fourth-order valence-corrected chi connectivity index (χ4v) is 2.51. The fraction of sp³-hybridized carbons (Fsp3) is 0.300. The van der Waals surface area contributed by atoms with Crippen molar-refractivity contribution in [2.24, 2.45) is 5.10 Å². The van der Waals surface area contributed by atoms with Gasteiger partial charge in [-0.25, -0.2) is 10.2 Å². The molecule has 2 rings (SSSR count).